The number of amides is 1. The van der Waals surface area contributed by atoms with Crippen LogP contribution in [0.15, 0.2) is 27.4 Å². The van der Waals surface area contributed by atoms with Gasteiger partial charge in [-0.2, -0.15) is 5.10 Å². The molecule has 0 fully saturated rings. The molecule has 1 aliphatic heterocycles. The van der Waals surface area contributed by atoms with E-state index in [0.29, 0.717) is 41.5 Å². The Hall–Kier alpha value is -3.16. The number of aromatic amines is 2. The number of fused-ring (bicyclic) bond motifs is 1. The van der Waals surface area contributed by atoms with Crippen LogP contribution >= 0.6 is 0 Å². The molecule has 0 bridgehead atoms. The SMILES string of the molecule is Cc1nc2c(c(=O)[nH]1)CN(C(=O)c1cc(-c3ccc(C)o3)[nH]n1)CC2. The minimum atomic E-state index is -0.226. The van der Waals surface area contributed by atoms with Crippen molar-refractivity contribution in [2.45, 2.75) is 26.8 Å². The third kappa shape index (κ3) is 2.75. The first-order chi connectivity index (χ1) is 12.0. The van der Waals surface area contributed by atoms with Crippen LogP contribution in [0.5, 0.6) is 0 Å². The summed E-state index contributed by atoms with van der Waals surface area (Å²) >= 11 is 0. The molecular formula is C17H17N5O3. The lowest BCUT2D eigenvalue weighted by Gasteiger charge is -2.27. The molecule has 0 saturated heterocycles. The summed E-state index contributed by atoms with van der Waals surface area (Å²) in [5, 5.41) is 6.91. The van der Waals surface area contributed by atoms with E-state index in [1.54, 1.807) is 17.9 Å². The standard InChI is InChI=1S/C17H17N5O3/c1-9-3-4-15(25-9)13-7-14(21-20-13)17(24)22-6-5-12-11(8-22)16(23)19-10(2)18-12/h3-4,7H,5-6,8H2,1-2H3,(H,20,21)(H,18,19,23). The number of carbonyl (C=O) groups excluding carboxylic acids is 1. The predicted octanol–water partition coefficient (Wildman–Crippen LogP) is 1.57. The van der Waals surface area contributed by atoms with Gasteiger partial charge in [0.1, 0.15) is 17.3 Å². The number of furan rings is 1. The molecule has 128 valence electrons. The van der Waals surface area contributed by atoms with Gasteiger partial charge in [-0.25, -0.2) is 4.98 Å². The van der Waals surface area contributed by atoms with E-state index in [4.69, 9.17) is 4.42 Å². The maximum atomic E-state index is 12.7. The van der Waals surface area contributed by atoms with Crippen molar-refractivity contribution < 1.29 is 9.21 Å². The molecule has 0 spiro atoms. The van der Waals surface area contributed by atoms with Crippen molar-refractivity contribution in [2.75, 3.05) is 6.54 Å². The molecule has 0 saturated carbocycles. The fourth-order valence-electron chi connectivity index (χ4n) is 3.02. The van der Waals surface area contributed by atoms with E-state index in [9.17, 15) is 9.59 Å². The summed E-state index contributed by atoms with van der Waals surface area (Å²) in [6.45, 7) is 4.34. The molecule has 3 aromatic heterocycles. The van der Waals surface area contributed by atoms with E-state index in [1.165, 1.54) is 0 Å². The first kappa shape index (κ1) is 15.4. The highest BCUT2D eigenvalue weighted by atomic mass is 16.3. The van der Waals surface area contributed by atoms with Crippen LogP contribution in [0.2, 0.25) is 0 Å². The van der Waals surface area contributed by atoms with Crippen molar-refractivity contribution in [3.63, 3.8) is 0 Å². The van der Waals surface area contributed by atoms with Crippen LogP contribution in [0, 0.1) is 13.8 Å². The van der Waals surface area contributed by atoms with Crippen molar-refractivity contribution >= 4 is 5.91 Å². The van der Waals surface area contributed by atoms with E-state index >= 15 is 0 Å². The maximum absolute atomic E-state index is 12.7. The van der Waals surface area contributed by atoms with Gasteiger partial charge < -0.3 is 14.3 Å². The molecule has 1 aliphatic rings. The highest BCUT2D eigenvalue weighted by Crippen LogP contribution is 2.22. The number of hydrogen-bond donors (Lipinski definition) is 2. The van der Waals surface area contributed by atoms with Crippen molar-refractivity contribution in [1.82, 2.24) is 25.1 Å². The van der Waals surface area contributed by atoms with Gasteiger partial charge >= 0.3 is 0 Å². The zero-order chi connectivity index (χ0) is 17.6. The van der Waals surface area contributed by atoms with Crippen molar-refractivity contribution in [1.29, 1.82) is 0 Å². The third-order valence-electron chi connectivity index (χ3n) is 4.28. The summed E-state index contributed by atoms with van der Waals surface area (Å²) < 4.78 is 5.53. The minimum absolute atomic E-state index is 0.186. The number of nitrogens with one attached hydrogen (secondary N) is 2. The largest absolute Gasteiger partial charge is 0.460 e. The molecule has 0 atom stereocenters. The van der Waals surface area contributed by atoms with Crippen LogP contribution in [0.3, 0.4) is 0 Å². The van der Waals surface area contributed by atoms with Gasteiger partial charge in [-0.3, -0.25) is 14.7 Å². The van der Waals surface area contributed by atoms with Gasteiger partial charge in [0.25, 0.3) is 11.5 Å². The number of H-pyrrole nitrogens is 2. The Bertz CT molecular complexity index is 1010. The minimum Gasteiger partial charge on any atom is -0.460 e. The number of aryl methyl sites for hydroxylation is 2. The molecule has 0 aromatic carbocycles. The molecule has 0 aliphatic carbocycles. The molecule has 25 heavy (non-hydrogen) atoms. The lowest BCUT2D eigenvalue weighted by atomic mass is 10.1. The highest BCUT2D eigenvalue weighted by molar-refractivity contribution is 5.93. The Labute approximate surface area is 142 Å². The molecule has 8 heteroatoms. The quantitative estimate of drug-likeness (QED) is 0.737. The molecule has 8 nitrogen and oxygen atoms in total. The summed E-state index contributed by atoms with van der Waals surface area (Å²) in [5.74, 6) is 1.78. The van der Waals surface area contributed by atoms with Crippen LogP contribution in [0.25, 0.3) is 11.5 Å². The highest BCUT2D eigenvalue weighted by Gasteiger charge is 2.26. The fraction of sp³-hybridized carbons (Fsp3) is 0.294. The van der Waals surface area contributed by atoms with Crippen LogP contribution in [0.4, 0.5) is 0 Å². The number of nitrogens with zero attached hydrogens (tertiary/aromatic N) is 3. The Morgan fingerprint density at radius 1 is 1.32 bits per heavy atom. The average Bonchev–Trinajstić information content (AvgIpc) is 3.22. The first-order valence-corrected chi connectivity index (χ1v) is 8.01. The zero-order valence-corrected chi connectivity index (χ0v) is 13.9. The first-order valence-electron chi connectivity index (χ1n) is 8.01. The second kappa shape index (κ2) is 5.73. The molecule has 4 heterocycles. The summed E-state index contributed by atoms with van der Waals surface area (Å²) in [7, 11) is 0. The second-order valence-corrected chi connectivity index (χ2v) is 6.13. The van der Waals surface area contributed by atoms with Crippen molar-refractivity contribution in [2.24, 2.45) is 0 Å². The van der Waals surface area contributed by atoms with Gasteiger partial charge in [-0.05, 0) is 26.0 Å². The molecule has 2 N–H and O–H groups in total. The van der Waals surface area contributed by atoms with Crippen LogP contribution in [0.1, 0.15) is 33.3 Å². The van der Waals surface area contributed by atoms with E-state index in [1.807, 2.05) is 19.1 Å². The van der Waals surface area contributed by atoms with E-state index in [-0.39, 0.29) is 18.0 Å². The van der Waals surface area contributed by atoms with Gasteiger partial charge in [0, 0.05) is 19.0 Å². The second-order valence-electron chi connectivity index (χ2n) is 6.13. The lowest BCUT2D eigenvalue weighted by Crippen LogP contribution is -2.39. The Balaban J connectivity index is 1.58. The Morgan fingerprint density at radius 3 is 2.92 bits per heavy atom. The number of aromatic nitrogens is 4. The van der Waals surface area contributed by atoms with Crippen LogP contribution in [-0.2, 0) is 13.0 Å². The van der Waals surface area contributed by atoms with E-state index < -0.39 is 0 Å². The normalized spacial score (nSPS) is 13.8. The number of carbonyl (C=O) groups is 1. The topological polar surface area (TPSA) is 108 Å². The van der Waals surface area contributed by atoms with Gasteiger partial charge in [0.05, 0.1) is 17.8 Å². The maximum Gasteiger partial charge on any atom is 0.274 e. The molecule has 3 aromatic rings. The van der Waals surface area contributed by atoms with Crippen molar-refractivity contribution in [3.8, 4) is 11.5 Å². The fourth-order valence-corrected chi connectivity index (χ4v) is 3.02. The van der Waals surface area contributed by atoms with E-state index in [0.717, 1.165) is 11.5 Å². The summed E-state index contributed by atoms with van der Waals surface area (Å²) in [6.07, 6.45) is 0.556. The van der Waals surface area contributed by atoms with Gasteiger partial charge in [-0.15, -0.1) is 0 Å². The molecule has 0 radical (unpaired) electrons. The van der Waals surface area contributed by atoms with Gasteiger partial charge in [0.15, 0.2) is 11.5 Å². The lowest BCUT2D eigenvalue weighted by molar-refractivity contribution is 0.0726. The molecule has 0 unspecified atom stereocenters. The van der Waals surface area contributed by atoms with Gasteiger partial charge in [-0.1, -0.05) is 0 Å². The molecular weight excluding hydrogens is 322 g/mol. The predicted molar refractivity (Wildman–Crippen MR) is 89.1 cm³/mol. The Kier molecular flexibility index (Phi) is 3.52. The summed E-state index contributed by atoms with van der Waals surface area (Å²) in [6, 6.07) is 5.33. The number of rotatable bonds is 2. The van der Waals surface area contributed by atoms with Gasteiger partial charge in [0.2, 0.25) is 0 Å². The molecule has 4 rings (SSSR count). The monoisotopic (exact) mass is 339 g/mol. The Morgan fingerprint density at radius 2 is 2.16 bits per heavy atom. The van der Waals surface area contributed by atoms with Crippen molar-refractivity contribution in [3.05, 3.63) is 57.1 Å². The van der Waals surface area contributed by atoms with E-state index in [2.05, 4.69) is 20.2 Å². The third-order valence-corrected chi connectivity index (χ3v) is 4.28. The van der Waals surface area contributed by atoms with Crippen LogP contribution < -0.4 is 5.56 Å². The summed E-state index contributed by atoms with van der Waals surface area (Å²) in [4.78, 5) is 33.5. The van der Waals surface area contributed by atoms with Crippen LogP contribution in [-0.4, -0.2) is 37.5 Å². The summed E-state index contributed by atoms with van der Waals surface area (Å²) in [5.41, 5.74) is 2.06. The average molecular weight is 339 g/mol. The molecule has 1 amide bonds. The zero-order valence-electron chi connectivity index (χ0n) is 13.9. The smallest absolute Gasteiger partial charge is 0.274 e. The number of hydrogen-bond acceptors (Lipinski definition) is 5.